The quantitative estimate of drug-likeness (QED) is 0.782. The van der Waals surface area contributed by atoms with Gasteiger partial charge in [-0.1, -0.05) is 18.9 Å². The van der Waals surface area contributed by atoms with Crippen molar-refractivity contribution in [2.24, 2.45) is 0 Å². The minimum absolute atomic E-state index is 0.135. The van der Waals surface area contributed by atoms with Crippen molar-refractivity contribution in [3.05, 3.63) is 23.8 Å². The highest BCUT2D eigenvalue weighted by molar-refractivity contribution is 5.97. The van der Waals surface area contributed by atoms with Gasteiger partial charge in [0.15, 0.2) is 11.5 Å². The predicted molar refractivity (Wildman–Crippen MR) is 75.2 cm³/mol. The number of methoxy groups -OCH3 is 1. The lowest BCUT2D eigenvalue weighted by Gasteiger charge is -2.12. The lowest BCUT2D eigenvalue weighted by molar-refractivity contribution is 0.0581. The molecule has 1 fully saturated rings. The summed E-state index contributed by atoms with van der Waals surface area (Å²) in [5, 5.41) is 12.6. The maximum atomic E-state index is 11.9. The van der Waals surface area contributed by atoms with Gasteiger partial charge >= 0.3 is 0 Å². The molecule has 1 aromatic rings. The average molecular weight is 279 g/mol. The van der Waals surface area contributed by atoms with Crippen molar-refractivity contribution in [1.29, 1.82) is 0 Å². The number of para-hydroxylation sites is 1. The summed E-state index contributed by atoms with van der Waals surface area (Å²) in [4.78, 5) is 11.9. The third kappa shape index (κ3) is 3.63. The molecule has 5 heteroatoms. The molecule has 110 valence electrons. The van der Waals surface area contributed by atoms with Crippen molar-refractivity contribution in [2.75, 3.05) is 20.3 Å². The predicted octanol–water partition coefficient (Wildman–Crippen LogP) is 2.09. The molecule has 0 aromatic heterocycles. The summed E-state index contributed by atoms with van der Waals surface area (Å²) in [6, 6.07) is 4.84. The average Bonchev–Trinajstić information content (AvgIpc) is 2.97. The van der Waals surface area contributed by atoms with Gasteiger partial charge in [-0.05, 0) is 25.0 Å². The molecule has 0 saturated heterocycles. The molecule has 0 aliphatic heterocycles. The van der Waals surface area contributed by atoms with E-state index in [4.69, 9.17) is 9.47 Å². The van der Waals surface area contributed by atoms with Crippen LogP contribution in [0.3, 0.4) is 0 Å². The Bertz CT molecular complexity index is 455. The second kappa shape index (κ2) is 7.14. The molecule has 0 spiro atoms. The van der Waals surface area contributed by atoms with Crippen molar-refractivity contribution in [1.82, 2.24) is 5.32 Å². The number of benzene rings is 1. The number of aromatic hydroxyl groups is 1. The Morgan fingerprint density at radius 3 is 2.85 bits per heavy atom. The Balaban J connectivity index is 1.79. The summed E-state index contributed by atoms with van der Waals surface area (Å²) in [6.07, 6.45) is 5.04. The third-order valence-corrected chi connectivity index (χ3v) is 3.51. The molecule has 0 unspecified atom stereocenters. The van der Waals surface area contributed by atoms with E-state index in [0.29, 0.717) is 25.0 Å². The van der Waals surface area contributed by atoms with Crippen LogP contribution < -0.4 is 10.1 Å². The molecule has 1 amide bonds. The number of rotatable bonds is 6. The smallest absolute Gasteiger partial charge is 0.255 e. The molecule has 1 saturated carbocycles. The van der Waals surface area contributed by atoms with E-state index in [1.807, 2.05) is 0 Å². The maximum absolute atomic E-state index is 11.9. The Hall–Kier alpha value is -1.75. The van der Waals surface area contributed by atoms with E-state index in [2.05, 4.69) is 5.32 Å². The first-order valence-electron chi connectivity index (χ1n) is 6.98. The van der Waals surface area contributed by atoms with Gasteiger partial charge in [-0.15, -0.1) is 0 Å². The van der Waals surface area contributed by atoms with Crippen LogP contribution in [0.4, 0.5) is 0 Å². The fraction of sp³-hybridized carbons (Fsp3) is 0.533. The number of phenolic OH excluding ortho intramolecular Hbond substituents is 1. The van der Waals surface area contributed by atoms with Crippen molar-refractivity contribution in [3.8, 4) is 11.5 Å². The van der Waals surface area contributed by atoms with Gasteiger partial charge in [0.25, 0.3) is 5.91 Å². The van der Waals surface area contributed by atoms with Crippen LogP contribution in [-0.2, 0) is 4.74 Å². The molecule has 1 aromatic carbocycles. The Morgan fingerprint density at radius 2 is 2.15 bits per heavy atom. The molecular weight excluding hydrogens is 258 g/mol. The second-order valence-corrected chi connectivity index (χ2v) is 4.89. The summed E-state index contributed by atoms with van der Waals surface area (Å²) in [7, 11) is 1.45. The number of phenols is 1. The summed E-state index contributed by atoms with van der Waals surface area (Å²) >= 11 is 0. The molecule has 1 aliphatic rings. The summed E-state index contributed by atoms with van der Waals surface area (Å²) in [5.74, 6) is -0.166. The zero-order valence-corrected chi connectivity index (χ0v) is 11.7. The van der Waals surface area contributed by atoms with Gasteiger partial charge in [0.1, 0.15) is 0 Å². The van der Waals surface area contributed by atoms with Crippen LogP contribution in [0.15, 0.2) is 18.2 Å². The van der Waals surface area contributed by atoms with Gasteiger partial charge < -0.3 is 19.9 Å². The molecule has 20 heavy (non-hydrogen) atoms. The fourth-order valence-electron chi connectivity index (χ4n) is 2.41. The molecule has 0 radical (unpaired) electrons. The summed E-state index contributed by atoms with van der Waals surface area (Å²) < 4.78 is 10.6. The highest BCUT2D eigenvalue weighted by Crippen LogP contribution is 2.29. The van der Waals surface area contributed by atoms with E-state index in [1.54, 1.807) is 18.2 Å². The molecule has 1 aliphatic carbocycles. The van der Waals surface area contributed by atoms with Crippen LogP contribution >= 0.6 is 0 Å². The van der Waals surface area contributed by atoms with E-state index in [9.17, 15) is 9.90 Å². The first-order chi connectivity index (χ1) is 9.72. The number of ether oxygens (including phenoxy) is 2. The van der Waals surface area contributed by atoms with E-state index in [0.717, 1.165) is 12.8 Å². The van der Waals surface area contributed by atoms with Gasteiger partial charge in [-0.25, -0.2) is 0 Å². The van der Waals surface area contributed by atoms with Crippen molar-refractivity contribution < 1.29 is 19.4 Å². The molecule has 2 N–H and O–H groups in total. The van der Waals surface area contributed by atoms with Crippen LogP contribution in [0.25, 0.3) is 0 Å². The van der Waals surface area contributed by atoms with Crippen LogP contribution in [0, 0.1) is 0 Å². The second-order valence-electron chi connectivity index (χ2n) is 4.89. The highest BCUT2D eigenvalue weighted by atomic mass is 16.5. The van der Waals surface area contributed by atoms with Crippen molar-refractivity contribution in [3.63, 3.8) is 0 Å². The SMILES string of the molecule is COc1cccc(C(=O)NCCOC2CCCC2)c1O. The van der Waals surface area contributed by atoms with Gasteiger partial charge in [0.2, 0.25) is 0 Å². The lowest BCUT2D eigenvalue weighted by atomic mass is 10.1. The van der Waals surface area contributed by atoms with Gasteiger partial charge in [0, 0.05) is 6.54 Å². The van der Waals surface area contributed by atoms with Crippen molar-refractivity contribution >= 4 is 5.91 Å². The Morgan fingerprint density at radius 1 is 1.40 bits per heavy atom. The Kier molecular flexibility index (Phi) is 5.24. The lowest BCUT2D eigenvalue weighted by Crippen LogP contribution is -2.28. The van der Waals surface area contributed by atoms with E-state index < -0.39 is 0 Å². The molecule has 0 heterocycles. The number of hydrogen-bond acceptors (Lipinski definition) is 4. The van der Waals surface area contributed by atoms with Crippen LogP contribution in [0.5, 0.6) is 11.5 Å². The minimum atomic E-state index is -0.323. The fourth-order valence-corrected chi connectivity index (χ4v) is 2.41. The van der Waals surface area contributed by atoms with Crippen LogP contribution in [0.1, 0.15) is 36.0 Å². The Labute approximate surface area is 118 Å². The highest BCUT2D eigenvalue weighted by Gasteiger charge is 2.16. The molecule has 0 bridgehead atoms. The molecule has 2 rings (SSSR count). The number of carbonyl (C=O) groups excluding carboxylic acids is 1. The van der Waals surface area contributed by atoms with E-state index in [1.165, 1.54) is 20.0 Å². The first-order valence-corrected chi connectivity index (χ1v) is 6.98. The first kappa shape index (κ1) is 14.7. The largest absolute Gasteiger partial charge is 0.504 e. The molecular formula is C15H21NO4. The molecule has 0 atom stereocenters. The number of amides is 1. The zero-order chi connectivity index (χ0) is 14.4. The standard InChI is InChI=1S/C15H21NO4/c1-19-13-8-4-7-12(14(13)17)15(18)16-9-10-20-11-5-2-3-6-11/h4,7-8,11,17H,2-3,5-6,9-10H2,1H3,(H,16,18). The van der Waals surface area contributed by atoms with E-state index >= 15 is 0 Å². The zero-order valence-electron chi connectivity index (χ0n) is 11.7. The minimum Gasteiger partial charge on any atom is -0.504 e. The van der Waals surface area contributed by atoms with Gasteiger partial charge in [0.05, 0.1) is 25.4 Å². The van der Waals surface area contributed by atoms with E-state index in [-0.39, 0.29) is 17.2 Å². The summed E-state index contributed by atoms with van der Waals surface area (Å²) in [6.45, 7) is 0.938. The van der Waals surface area contributed by atoms with Crippen LogP contribution in [0.2, 0.25) is 0 Å². The topological polar surface area (TPSA) is 67.8 Å². The number of hydrogen-bond donors (Lipinski definition) is 2. The monoisotopic (exact) mass is 279 g/mol. The number of nitrogens with one attached hydrogen (secondary N) is 1. The normalized spacial score (nSPS) is 15.2. The summed E-state index contributed by atoms with van der Waals surface area (Å²) in [5.41, 5.74) is 0.213. The molecule has 5 nitrogen and oxygen atoms in total. The maximum Gasteiger partial charge on any atom is 0.255 e. The van der Waals surface area contributed by atoms with Gasteiger partial charge in [-0.3, -0.25) is 4.79 Å². The van der Waals surface area contributed by atoms with Crippen LogP contribution in [-0.4, -0.2) is 37.4 Å². The number of carbonyl (C=O) groups is 1. The third-order valence-electron chi connectivity index (χ3n) is 3.51. The van der Waals surface area contributed by atoms with Crippen molar-refractivity contribution in [2.45, 2.75) is 31.8 Å². The van der Waals surface area contributed by atoms with Gasteiger partial charge in [-0.2, -0.15) is 0 Å².